The number of phenols is 1. The van der Waals surface area contributed by atoms with Crippen molar-refractivity contribution in [3.05, 3.63) is 23.3 Å². The molecule has 4 nitrogen and oxygen atoms in total. The highest BCUT2D eigenvalue weighted by atomic mass is 16.5. The maximum Gasteiger partial charge on any atom is 0.153 e. The second-order valence-corrected chi connectivity index (χ2v) is 6.29. The van der Waals surface area contributed by atoms with Gasteiger partial charge in [-0.3, -0.25) is 4.79 Å². The molecule has 1 saturated heterocycles. The van der Waals surface area contributed by atoms with Gasteiger partial charge in [0.25, 0.3) is 0 Å². The van der Waals surface area contributed by atoms with Gasteiger partial charge < -0.3 is 14.6 Å². The number of ether oxygens (including phenoxy) is 2. The maximum absolute atomic E-state index is 11.0. The third kappa shape index (κ3) is 1.90. The van der Waals surface area contributed by atoms with Crippen molar-refractivity contribution in [2.75, 3.05) is 0 Å². The number of rotatable bonds is 1. The predicted molar refractivity (Wildman–Crippen MR) is 74.2 cm³/mol. The molecule has 3 atom stereocenters. The summed E-state index contributed by atoms with van der Waals surface area (Å²) in [7, 11) is 0. The van der Waals surface area contributed by atoms with E-state index >= 15 is 0 Å². The van der Waals surface area contributed by atoms with Crippen molar-refractivity contribution in [2.24, 2.45) is 5.92 Å². The molecule has 3 rings (SSSR count). The van der Waals surface area contributed by atoms with Gasteiger partial charge in [0.15, 0.2) is 6.29 Å². The molecule has 3 unspecified atom stereocenters. The molecule has 2 heterocycles. The van der Waals surface area contributed by atoms with Gasteiger partial charge >= 0.3 is 0 Å². The number of fused-ring (bicyclic) bond motifs is 3. The van der Waals surface area contributed by atoms with E-state index in [0.717, 1.165) is 12.8 Å². The smallest absolute Gasteiger partial charge is 0.153 e. The molecule has 20 heavy (non-hydrogen) atoms. The zero-order valence-electron chi connectivity index (χ0n) is 12.1. The zero-order valence-corrected chi connectivity index (χ0v) is 12.1. The minimum Gasteiger partial charge on any atom is -0.507 e. The summed E-state index contributed by atoms with van der Waals surface area (Å²) in [5, 5.41) is 10.3. The van der Waals surface area contributed by atoms with Crippen molar-refractivity contribution < 1.29 is 19.4 Å². The molecule has 2 aliphatic rings. The molecule has 1 N–H and O–H groups in total. The van der Waals surface area contributed by atoms with E-state index in [1.807, 2.05) is 6.92 Å². The molecule has 2 aliphatic heterocycles. The topological polar surface area (TPSA) is 55.8 Å². The van der Waals surface area contributed by atoms with Crippen LogP contribution in [0.25, 0.3) is 0 Å². The van der Waals surface area contributed by atoms with Crippen LogP contribution in [0.3, 0.4) is 0 Å². The Labute approximate surface area is 118 Å². The fraction of sp³-hybridized carbons (Fsp3) is 0.562. The fourth-order valence-corrected chi connectivity index (χ4v) is 3.38. The van der Waals surface area contributed by atoms with Gasteiger partial charge in [-0.1, -0.05) is 0 Å². The molecular weight excluding hydrogens is 256 g/mol. The monoisotopic (exact) mass is 276 g/mol. The van der Waals surface area contributed by atoms with Gasteiger partial charge in [-0.25, -0.2) is 0 Å². The van der Waals surface area contributed by atoms with Crippen LogP contribution in [0.4, 0.5) is 0 Å². The fourth-order valence-electron chi connectivity index (χ4n) is 3.38. The molecule has 0 spiro atoms. The minimum absolute atomic E-state index is 0.00269. The Morgan fingerprint density at radius 3 is 2.80 bits per heavy atom. The Hall–Kier alpha value is -1.55. The molecule has 0 amide bonds. The minimum atomic E-state index is -0.340. The van der Waals surface area contributed by atoms with Crippen LogP contribution in [-0.4, -0.2) is 23.1 Å². The molecule has 1 aromatic rings. The number of carbonyl (C=O) groups excluding carboxylic acids is 1. The summed E-state index contributed by atoms with van der Waals surface area (Å²) >= 11 is 0. The summed E-state index contributed by atoms with van der Waals surface area (Å²) in [5.74, 6) is 0.796. The normalized spacial score (nSPS) is 30.9. The molecule has 0 aromatic heterocycles. The number of benzene rings is 1. The van der Waals surface area contributed by atoms with Crippen molar-refractivity contribution in [1.82, 2.24) is 0 Å². The molecule has 108 valence electrons. The second-order valence-electron chi connectivity index (χ2n) is 6.29. The van der Waals surface area contributed by atoms with Crippen LogP contribution in [0.1, 0.15) is 55.6 Å². The Morgan fingerprint density at radius 1 is 1.35 bits per heavy atom. The lowest BCUT2D eigenvalue weighted by atomic mass is 9.75. The van der Waals surface area contributed by atoms with E-state index in [1.165, 1.54) is 0 Å². The summed E-state index contributed by atoms with van der Waals surface area (Å²) in [6.45, 7) is 6.15. The molecule has 0 radical (unpaired) electrons. The van der Waals surface area contributed by atoms with Crippen LogP contribution in [0, 0.1) is 5.92 Å². The lowest BCUT2D eigenvalue weighted by molar-refractivity contribution is -0.145. The van der Waals surface area contributed by atoms with Crippen LogP contribution in [0.5, 0.6) is 11.5 Å². The van der Waals surface area contributed by atoms with E-state index in [2.05, 4.69) is 13.8 Å². The van der Waals surface area contributed by atoms with E-state index in [9.17, 15) is 9.90 Å². The standard InChI is InChI=1S/C16H20O4/c1-9-4-6-11-15(19-9)13-12(20-16(11,2)3)7-5-10(8-17)14(13)18/h5,7-9,11,15,18H,4,6H2,1-3H3. The van der Waals surface area contributed by atoms with Crippen molar-refractivity contribution in [1.29, 1.82) is 0 Å². The van der Waals surface area contributed by atoms with Crippen molar-refractivity contribution in [3.8, 4) is 11.5 Å². The molecular formula is C16H20O4. The molecule has 0 aliphatic carbocycles. The number of aromatic hydroxyl groups is 1. The summed E-state index contributed by atoms with van der Waals surface area (Å²) in [4.78, 5) is 11.0. The first-order valence-electron chi connectivity index (χ1n) is 7.09. The third-order valence-corrected chi connectivity index (χ3v) is 4.51. The molecule has 1 fully saturated rings. The number of phenolic OH excluding ortho intramolecular Hbond substituents is 1. The lowest BCUT2D eigenvalue weighted by Crippen LogP contribution is -2.48. The maximum atomic E-state index is 11.0. The number of hydrogen-bond acceptors (Lipinski definition) is 4. The summed E-state index contributed by atoms with van der Waals surface area (Å²) in [6.07, 6.45) is 2.58. The summed E-state index contributed by atoms with van der Waals surface area (Å²) < 4.78 is 12.1. The van der Waals surface area contributed by atoms with Gasteiger partial charge in [-0.2, -0.15) is 0 Å². The number of carbonyl (C=O) groups is 1. The number of hydrogen-bond donors (Lipinski definition) is 1. The van der Waals surface area contributed by atoms with E-state index in [0.29, 0.717) is 17.6 Å². The van der Waals surface area contributed by atoms with E-state index < -0.39 is 0 Å². The summed E-state index contributed by atoms with van der Waals surface area (Å²) in [6, 6.07) is 3.34. The van der Waals surface area contributed by atoms with Crippen molar-refractivity contribution in [3.63, 3.8) is 0 Å². The lowest BCUT2D eigenvalue weighted by Gasteiger charge is -2.48. The van der Waals surface area contributed by atoms with Crippen molar-refractivity contribution >= 4 is 6.29 Å². The van der Waals surface area contributed by atoms with Crippen LogP contribution in [0.2, 0.25) is 0 Å². The van der Waals surface area contributed by atoms with Crippen LogP contribution in [-0.2, 0) is 4.74 Å². The number of aldehydes is 1. The average Bonchev–Trinajstić information content (AvgIpc) is 2.37. The van der Waals surface area contributed by atoms with E-state index in [4.69, 9.17) is 9.47 Å². The Morgan fingerprint density at radius 2 is 2.10 bits per heavy atom. The van der Waals surface area contributed by atoms with E-state index in [-0.39, 0.29) is 35.0 Å². The SMILES string of the molecule is CC1CCC2C(O1)c1c(ccc(C=O)c1O)OC2(C)C. The average molecular weight is 276 g/mol. The molecule has 0 saturated carbocycles. The Bertz CT molecular complexity index is 550. The van der Waals surface area contributed by atoms with Gasteiger partial charge in [0, 0.05) is 5.92 Å². The molecule has 0 bridgehead atoms. The molecule has 1 aromatic carbocycles. The first-order chi connectivity index (χ1) is 9.44. The van der Waals surface area contributed by atoms with Crippen LogP contribution < -0.4 is 4.74 Å². The Balaban J connectivity index is 2.15. The molecule has 4 heteroatoms. The third-order valence-electron chi connectivity index (χ3n) is 4.51. The highest BCUT2D eigenvalue weighted by molar-refractivity contribution is 5.81. The highest BCUT2D eigenvalue weighted by Gasteiger charge is 2.48. The first kappa shape index (κ1) is 13.4. The quantitative estimate of drug-likeness (QED) is 0.800. The van der Waals surface area contributed by atoms with Gasteiger partial charge in [0.05, 0.1) is 23.3 Å². The zero-order chi connectivity index (χ0) is 14.5. The largest absolute Gasteiger partial charge is 0.507 e. The first-order valence-corrected chi connectivity index (χ1v) is 7.09. The predicted octanol–water partition coefficient (Wildman–Crippen LogP) is 3.23. The van der Waals surface area contributed by atoms with E-state index in [1.54, 1.807) is 12.1 Å². The van der Waals surface area contributed by atoms with Gasteiger partial charge in [-0.15, -0.1) is 0 Å². The van der Waals surface area contributed by atoms with Gasteiger partial charge in [0.2, 0.25) is 0 Å². The second kappa shape index (κ2) is 4.48. The van der Waals surface area contributed by atoms with Gasteiger partial charge in [-0.05, 0) is 45.7 Å². The van der Waals surface area contributed by atoms with Gasteiger partial charge in [0.1, 0.15) is 17.1 Å². The van der Waals surface area contributed by atoms with Crippen molar-refractivity contribution in [2.45, 2.75) is 51.4 Å². The Kier molecular flexibility index (Phi) is 3.01. The van der Waals surface area contributed by atoms with Crippen LogP contribution >= 0.6 is 0 Å². The van der Waals surface area contributed by atoms with Crippen LogP contribution in [0.15, 0.2) is 12.1 Å². The highest BCUT2D eigenvalue weighted by Crippen LogP contribution is 2.53. The summed E-state index contributed by atoms with van der Waals surface area (Å²) in [5.41, 5.74) is 0.575.